The standard InChI is InChI=1S/C25H27F3N4O3/c1-17-14-18(4-6-22(17)35-20-8-10-29-11-9-20)16-30-24(33)31-21-15-19(25(26,27)28)5-7-23(21)34-13-12-32(2)3/h4-11,14-15H,12-13,16H2,1-3H3,(H2,30,31,33). The SMILES string of the molecule is Cc1cc(CNC(=O)Nc2cc(C(F)(F)F)ccc2OCCN(C)C)ccc1Oc1ccncc1. The second kappa shape index (κ2) is 11.6. The van der Waals surface area contributed by atoms with Gasteiger partial charge in [0.1, 0.15) is 23.9 Å². The van der Waals surface area contributed by atoms with E-state index in [-0.39, 0.29) is 24.6 Å². The smallest absolute Gasteiger partial charge is 0.416 e. The Bertz CT molecular complexity index is 1140. The van der Waals surface area contributed by atoms with E-state index in [1.165, 1.54) is 6.07 Å². The molecule has 186 valence electrons. The topological polar surface area (TPSA) is 75.7 Å². The monoisotopic (exact) mass is 488 g/mol. The molecule has 0 aliphatic rings. The number of hydrogen-bond donors (Lipinski definition) is 2. The van der Waals surface area contributed by atoms with Crippen molar-refractivity contribution in [3.63, 3.8) is 0 Å². The Kier molecular flexibility index (Phi) is 8.53. The second-order valence-electron chi connectivity index (χ2n) is 8.05. The Morgan fingerprint density at radius 2 is 1.74 bits per heavy atom. The van der Waals surface area contributed by atoms with Crippen LogP contribution in [0.2, 0.25) is 0 Å². The third-order valence-corrected chi connectivity index (χ3v) is 4.92. The van der Waals surface area contributed by atoms with E-state index >= 15 is 0 Å². The van der Waals surface area contributed by atoms with Gasteiger partial charge in [-0.2, -0.15) is 13.2 Å². The molecule has 3 aromatic rings. The Morgan fingerprint density at radius 1 is 1.03 bits per heavy atom. The number of hydrogen-bond acceptors (Lipinski definition) is 5. The molecule has 0 aliphatic carbocycles. The lowest BCUT2D eigenvalue weighted by Crippen LogP contribution is -2.28. The number of ether oxygens (including phenoxy) is 2. The summed E-state index contributed by atoms with van der Waals surface area (Å²) in [4.78, 5) is 18.3. The molecule has 3 rings (SSSR count). The highest BCUT2D eigenvalue weighted by Crippen LogP contribution is 2.35. The van der Waals surface area contributed by atoms with Crippen molar-refractivity contribution in [2.45, 2.75) is 19.6 Å². The van der Waals surface area contributed by atoms with E-state index in [0.717, 1.165) is 23.3 Å². The van der Waals surface area contributed by atoms with E-state index in [1.54, 1.807) is 36.7 Å². The molecule has 1 heterocycles. The number of anilines is 1. The van der Waals surface area contributed by atoms with Crippen LogP contribution in [0.3, 0.4) is 0 Å². The summed E-state index contributed by atoms with van der Waals surface area (Å²) < 4.78 is 51.0. The van der Waals surface area contributed by atoms with Crippen LogP contribution in [0.4, 0.5) is 23.7 Å². The van der Waals surface area contributed by atoms with Gasteiger partial charge in [-0.15, -0.1) is 0 Å². The van der Waals surface area contributed by atoms with Crippen LogP contribution in [0.15, 0.2) is 60.9 Å². The minimum Gasteiger partial charge on any atom is -0.490 e. The molecule has 1 aromatic heterocycles. The van der Waals surface area contributed by atoms with Gasteiger partial charge < -0.3 is 25.0 Å². The number of likely N-dealkylation sites (N-methyl/N-ethyl adjacent to an activating group) is 1. The van der Waals surface area contributed by atoms with Crippen LogP contribution in [0.25, 0.3) is 0 Å². The molecule has 0 saturated carbocycles. The summed E-state index contributed by atoms with van der Waals surface area (Å²) in [6.07, 6.45) is -1.29. The molecule has 0 spiro atoms. The number of carbonyl (C=O) groups is 1. The lowest BCUT2D eigenvalue weighted by Gasteiger charge is -2.17. The van der Waals surface area contributed by atoms with Gasteiger partial charge in [-0.25, -0.2) is 4.79 Å². The predicted octanol–water partition coefficient (Wildman–Crippen LogP) is 5.46. The van der Waals surface area contributed by atoms with Gasteiger partial charge in [0.05, 0.1) is 11.3 Å². The van der Waals surface area contributed by atoms with Gasteiger partial charge in [0, 0.05) is 25.5 Å². The Balaban J connectivity index is 1.64. The molecule has 7 nitrogen and oxygen atoms in total. The fourth-order valence-electron chi connectivity index (χ4n) is 3.09. The summed E-state index contributed by atoms with van der Waals surface area (Å²) in [5.41, 5.74) is 0.712. The molecule has 0 atom stereocenters. The lowest BCUT2D eigenvalue weighted by atomic mass is 10.1. The molecule has 0 bridgehead atoms. The number of aryl methyl sites for hydroxylation is 1. The molecule has 0 aliphatic heterocycles. The Hall–Kier alpha value is -3.79. The molecule has 0 saturated heterocycles. The number of amides is 2. The van der Waals surface area contributed by atoms with E-state index in [4.69, 9.17) is 9.47 Å². The maximum atomic E-state index is 13.2. The summed E-state index contributed by atoms with van der Waals surface area (Å²) in [6, 6.07) is 11.3. The summed E-state index contributed by atoms with van der Waals surface area (Å²) in [6.45, 7) is 2.85. The van der Waals surface area contributed by atoms with E-state index < -0.39 is 17.8 Å². The van der Waals surface area contributed by atoms with Gasteiger partial charge in [-0.05, 0) is 68.5 Å². The first-order valence-corrected chi connectivity index (χ1v) is 10.8. The van der Waals surface area contributed by atoms with Crippen LogP contribution in [0.1, 0.15) is 16.7 Å². The number of urea groups is 1. The number of aromatic nitrogens is 1. The zero-order chi connectivity index (χ0) is 25.4. The summed E-state index contributed by atoms with van der Waals surface area (Å²) in [5, 5.41) is 5.13. The number of benzene rings is 2. The van der Waals surface area contributed by atoms with Crippen molar-refractivity contribution in [3.8, 4) is 17.2 Å². The molecular weight excluding hydrogens is 461 g/mol. The predicted molar refractivity (Wildman–Crippen MR) is 127 cm³/mol. The first-order valence-electron chi connectivity index (χ1n) is 10.8. The normalized spacial score (nSPS) is 11.3. The van der Waals surface area contributed by atoms with Crippen molar-refractivity contribution in [1.29, 1.82) is 0 Å². The Labute approximate surface area is 201 Å². The van der Waals surface area contributed by atoms with E-state index in [1.807, 2.05) is 32.0 Å². The third-order valence-electron chi connectivity index (χ3n) is 4.92. The molecule has 2 N–H and O–H groups in total. The van der Waals surface area contributed by atoms with Crippen LogP contribution in [-0.2, 0) is 12.7 Å². The highest BCUT2D eigenvalue weighted by Gasteiger charge is 2.31. The van der Waals surface area contributed by atoms with Crippen LogP contribution in [0.5, 0.6) is 17.2 Å². The molecule has 2 aromatic carbocycles. The lowest BCUT2D eigenvalue weighted by molar-refractivity contribution is -0.137. The van der Waals surface area contributed by atoms with Crippen molar-refractivity contribution in [1.82, 2.24) is 15.2 Å². The number of alkyl halides is 3. The number of nitrogens with one attached hydrogen (secondary N) is 2. The van der Waals surface area contributed by atoms with E-state index in [9.17, 15) is 18.0 Å². The van der Waals surface area contributed by atoms with Crippen molar-refractivity contribution in [3.05, 3.63) is 77.6 Å². The van der Waals surface area contributed by atoms with Crippen molar-refractivity contribution >= 4 is 11.7 Å². The molecule has 2 amide bonds. The number of halogens is 3. The number of pyridine rings is 1. The second-order valence-corrected chi connectivity index (χ2v) is 8.05. The average Bonchev–Trinajstić information content (AvgIpc) is 2.80. The Morgan fingerprint density at radius 3 is 2.40 bits per heavy atom. The fourth-order valence-corrected chi connectivity index (χ4v) is 3.09. The van der Waals surface area contributed by atoms with Crippen LogP contribution >= 0.6 is 0 Å². The maximum Gasteiger partial charge on any atom is 0.416 e. The average molecular weight is 489 g/mol. The summed E-state index contributed by atoms with van der Waals surface area (Å²) in [5.74, 6) is 1.47. The number of rotatable bonds is 9. The maximum absolute atomic E-state index is 13.2. The molecule has 0 radical (unpaired) electrons. The van der Waals surface area contributed by atoms with Gasteiger partial charge in [0.15, 0.2) is 0 Å². The van der Waals surface area contributed by atoms with Crippen molar-refractivity contribution in [2.75, 3.05) is 32.6 Å². The van der Waals surface area contributed by atoms with E-state index in [2.05, 4.69) is 15.6 Å². The van der Waals surface area contributed by atoms with Crippen LogP contribution < -0.4 is 20.1 Å². The molecule has 35 heavy (non-hydrogen) atoms. The van der Waals surface area contributed by atoms with Gasteiger partial charge >= 0.3 is 12.2 Å². The minimum atomic E-state index is -4.55. The first kappa shape index (κ1) is 25.8. The van der Waals surface area contributed by atoms with Gasteiger partial charge in [0.25, 0.3) is 0 Å². The molecule has 10 heteroatoms. The highest BCUT2D eigenvalue weighted by molar-refractivity contribution is 5.91. The van der Waals surface area contributed by atoms with Gasteiger partial charge in [0.2, 0.25) is 0 Å². The van der Waals surface area contributed by atoms with Gasteiger partial charge in [-0.3, -0.25) is 4.98 Å². The first-order chi connectivity index (χ1) is 16.6. The largest absolute Gasteiger partial charge is 0.490 e. The summed E-state index contributed by atoms with van der Waals surface area (Å²) >= 11 is 0. The highest BCUT2D eigenvalue weighted by atomic mass is 19.4. The van der Waals surface area contributed by atoms with Crippen molar-refractivity contribution in [2.24, 2.45) is 0 Å². The third kappa shape index (κ3) is 7.89. The fraction of sp³-hybridized carbons (Fsp3) is 0.280. The minimum absolute atomic E-state index is 0.0617. The van der Waals surface area contributed by atoms with Crippen LogP contribution in [-0.4, -0.2) is 43.2 Å². The van der Waals surface area contributed by atoms with Crippen LogP contribution in [0, 0.1) is 6.92 Å². The number of carbonyl (C=O) groups excluding carboxylic acids is 1. The summed E-state index contributed by atoms with van der Waals surface area (Å²) in [7, 11) is 3.70. The zero-order valence-electron chi connectivity index (χ0n) is 19.6. The molecular formula is C25H27F3N4O3. The van der Waals surface area contributed by atoms with E-state index in [0.29, 0.717) is 18.0 Å². The number of nitrogens with zero attached hydrogens (tertiary/aromatic N) is 2. The molecule has 0 unspecified atom stereocenters. The van der Waals surface area contributed by atoms with Gasteiger partial charge in [-0.1, -0.05) is 12.1 Å². The van der Waals surface area contributed by atoms with Crippen molar-refractivity contribution < 1.29 is 27.4 Å². The molecule has 0 fully saturated rings. The quantitative estimate of drug-likeness (QED) is 0.418. The zero-order valence-corrected chi connectivity index (χ0v) is 19.6.